The Labute approximate surface area is 259 Å². The first kappa shape index (κ1) is 34.0. The highest BCUT2D eigenvalue weighted by Crippen LogP contribution is 2.37. The number of anilines is 1. The summed E-state index contributed by atoms with van der Waals surface area (Å²) in [6, 6.07) is 17.0. The van der Waals surface area contributed by atoms with E-state index in [1.54, 1.807) is 19.1 Å². The first-order valence-electron chi connectivity index (χ1n) is 14.1. The van der Waals surface area contributed by atoms with Gasteiger partial charge in [0.2, 0.25) is 11.8 Å². The molecule has 0 bridgehead atoms. The lowest BCUT2D eigenvalue weighted by molar-refractivity contribution is -0.139. The molecule has 2 amide bonds. The van der Waals surface area contributed by atoms with Gasteiger partial charge in [-0.1, -0.05) is 37.3 Å². The fraction of sp³-hybridized carbons (Fsp3) is 0.375. The molecular weight excluding hydrogens is 586 g/mol. The number of methoxy groups -OCH3 is 4. The SMILES string of the molecule is CC[C@@H](C)NC(=O)[C@H](C)N(Cc1ccccc1)C(=O)CN(c1cc(OC)ccc1OC)S(=O)(=O)c1ccc(OC)c(OC)c1. The molecule has 3 aromatic rings. The Morgan fingerprint density at radius 2 is 1.45 bits per heavy atom. The van der Waals surface area contributed by atoms with Crippen LogP contribution in [0.5, 0.6) is 23.0 Å². The summed E-state index contributed by atoms with van der Waals surface area (Å²) in [5.41, 5.74) is 0.851. The van der Waals surface area contributed by atoms with E-state index in [0.717, 1.165) is 9.87 Å². The van der Waals surface area contributed by atoms with Gasteiger partial charge in [-0.25, -0.2) is 8.42 Å². The first-order valence-corrected chi connectivity index (χ1v) is 15.5. The van der Waals surface area contributed by atoms with E-state index in [9.17, 15) is 18.0 Å². The lowest BCUT2D eigenvalue weighted by Gasteiger charge is -2.33. The number of rotatable bonds is 15. The van der Waals surface area contributed by atoms with E-state index in [1.807, 2.05) is 44.2 Å². The average molecular weight is 628 g/mol. The first-order chi connectivity index (χ1) is 21.0. The molecule has 3 aromatic carbocycles. The molecule has 3 rings (SSSR count). The van der Waals surface area contributed by atoms with Crippen molar-refractivity contribution in [2.45, 2.75) is 50.7 Å². The van der Waals surface area contributed by atoms with E-state index >= 15 is 0 Å². The Morgan fingerprint density at radius 1 is 0.818 bits per heavy atom. The van der Waals surface area contributed by atoms with Crippen LogP contribution < -0.4 is 28.6 Å². The van der Waals surface area contributed by atoms with Gasteiger partial charge in [0, 0.05) is 24.7 Å². The standard InChI is InChI=1S/C32H41N3O8S/c1-8-22(2)33-32(37)23(3)34(20-24-12-10-9-11-13-24)31(36)21-35(27-18-25(40-4)14-16-28(27)41-5)44(38,39)26-15-17-29(42-6)30(19-26)43-7/h9-19,22-23H,8,20-21H2,1-7H3,(H,33,37)/t22-,23+/m1/s1. The van der Waals surface area contributed by atoms with E-state index in [0.29, 0.717) is 17.9 Å². The highest BCUT2D eigenvalue weighted by Gasteiger charge is 2.34. The molecule has 0 saturated heterocycles. The lowest BCUT2D eigenvalue weighted by Crippen LogP contribution is -2.52. The summed E-state index contributed by atoms with van der Waals surface area (Å²) in [5, 5.41) is 2.92. The Balaban J connectivity index is 2.15. The molecule has 0 fully saturated rings. The average Bonchev–Trinajstić information content (AvgIpc) is 3.05. The molecule has 0 aromatic heterocycles. The number of carbonyl (C=O) groups is 2. The van der Waals surface area contributed by atoms with Crippen molar-refractivity contribution < 1.29 is 37.0 Å². The molecule has 12 heteroatoms. The normalized spacial score (nSPS) is 12.4. The molecule has 0 heterocycles. The van der Waals surface area contributed by atoms with Crippen molar-refractivity contribution in [2.24, 2.45) is 0 Å². The van der Waals surface area contributed by atoms with Crippen molar-refractivity contribution in [2.75, 3.05) is 39.3 Å². The Morgan fingerprint density at radius 3 is 2.05 bits per heavy atom. The Hall–Kier alpha value is -4.45. The fourth-order valence-electron chi connectivity index (χ4n) is 4.44. The summed E-state index contributed by atoms with van der Waals surface area (Å²) in [4.78, 5) is 28.7. The van der Waals surface area contributed by atoms with Crippen molar-refractivity contribution in [1.82, 2.24) is 10.2 Å². The van der Waals surface area contributed by atoms with Crippen LogP contribution in [0.1, 0.15) is 32.8 Å². The minimum atomic E-state index is -4.43. The third kappa shape index (κ3) is 7.93. The van der Waals surface area contributed by atoms with Gasteiger partial charge in [0.15, 0.2) is 11.5 Å². The van der Waals surface area contributed by atoms with Gasteiger partial charge in [-0.2, -0.15) is 0 Å². The van der Waals surface area contributed by atoms with Crippen molar-refractivity contribution in [3.8, 4) is 23.0 Å². The number of carbonyl (C=O) groups excluding carboxylic acids is 2. The largest absolute Gasteiger partial charge is 0.497 e. The molecule has 238 valence electrons. The number of amides is 2. The van der Waals surface area contributed by atoms with Crippen LogP contribution in [0.15, 0.2) is 71.6 Å². The summed E-state index contributed by atoms with van der Waals surface area (Å²) < 4.78 is 51.2. The Bertz CT molecular complexity index is 1530. The van der Waals surface area contributed by atoms with E-state index in [4.69, 9.17) is 18.9 Å². The molecule has 0 saturated carbocycles. The molecule has 2 atom stereocenters. The van der Waals surface area contributed by atoms with E-state index in [-0.39, 0.29) is 40.6 Å². The van der Waals surface area contributed by atoms with E-state index < -0.39 is 28.5 Å². The molecular formula is C32H41N3O8S. The smallest absolute Gasteiger partial charge is 0.265 e. The number of hydrogen-bond acceptors (Lipinski definition) is 8. The van der Waals surface area contributed by atoms with Crippen LogP contribution in [0.4, 0.5) is 5.69 Å². The van der Waals surface area contributed by atoms with Gasteiger partial charge < -0.3 is 29.2 Å². The number of nitrogens with zero attached hydrogens (tertiary/aromatic N) is 2. The highest BCUT2D eigenvalue weighted by molar-refractivity contribution is 7.92. The fourth-order valence-corrected chi connectivity index (χ4v) is 5.87. The third-order valence-electron chi connectivity index (χ3n) is 7.24. The molecule has 11 nitrogen and oxygen atoms in total. The van der Waals surface area contributed by atoms with E-state index in [1.165, 1.54) is 57.6 Å². The summed E-state index contributed by atoms with van der Waals surface area (Å²) in [6.07, 6.45) is 0.706. The topological polar surface area (TPSA) is 124 Å². The van der Waals surface area contributed by atoms with Gasteiger partial charge in [0.05, 0.1) is 39.0 Å². The monoisotopic (exact) mass is 627 g/mol. The van der Waals surface area contributed by atoms with E-state index in [2.05, 4.69) is 5.32 Å². The second-order valence-electron chi connectivity index (χ2n) is 10.1. The minimum absolute atomic E-state index is 0.0753. The maximum Gasteiger partial charge on any atom is 0.265 e. The second-order valence-corrected chi connectivity index (χ2v) is 11.9. The van der Waals surface area contributed by atoms with Crippen LogP contribution in [0.2, 0.25) is 0 Å². The maximum atomic E-state index is 14.4. The zero-order valence-electron chi connectivity index (χ0n) is 26.2. The van der Waals surface area contributed by atoms with Crippen LogP contribution in [0, 0.1) is 0 Å². The molecule has 1 N–H and O–H groups in total. The van der Waals surface area contributed by atoms with Crippen LogP contribution in [-0.4, -0.2) is 72.2 Å². The maximum absolute atomic E-state index is 14.4. The van der Waals surface area contributed by atoms with Crippen LogP contribution in [0.25, 0.3) is 0 Å². The van der Waals surface area contributed by atoms with Crippen LogP contribution in [0.3, 0.4) is 0 Å². The second kappa shape index (κ2) is 15.3. The molecule has 0 spiro atoms. The molecule has 0 aliphatic carbocycles. The number of nitrogens with one attached hydrogen (secondary N) is 1. The number of sulfonamides is 1. The van der Waals surface area contributed by atoms with Crippen LogP contribution in [-0.2, 0) is 26.2 Å². The minimum Gasteiger partial charge on any atom is -0.497 e. The number of benzene rings is 3. The number of ether oxygens (including phenoxy) is 4. The lowest BCUT2D eigenvalue weighted by atomic mass is 10.1. The summed E-state index contributed by atoms with van der Waals surface area (Å²) in [5.74, 6) is 0.121. The van der Waals surface area contributed by atoms with Gasteiger partial charge in [0.1, 0.15) is 24.1 Å². The van der Waals surface area contributed by atoms with Gasteiger partial charge in [0.25, 0.3) is 10.0 Å². The quantitative estimate of drug-likeness (QED) is 0.265. The van der Waals surface area contributed by atoms with Crippen molar-refractivity contribution in [3.63, 3.8) is 0 Å². The van der Waals surface area contributed by atoms with Crippen molar-refractivity contribution >= 4 is 27.5 Å². The molecule has 0 aliphatic rings. The van der Waals surface area contributed by atoms with Gasteiger partial charge in [-0.3, -0.25) is 13.9 Å². The van der Waals surface area contributed by atoms with Gasteiger partial charge in [-0.15, -0.1) is 0 Å². The molecule has 0 unspecified atom stereocenters. The summed E-state index contributed by atoms with van der Waals surface area (Å²) in [6.45, 7) is 4.88. The molecule has 0 aliphatic heterocycles. The van der Waals surface area contributed by atoms with Crippen molar-refractivity contribution in [1.29, 1.82) is 0 Å². The Kier molecular flexibility index (Phi) is 11.9. The van der Waals surface area contributed by atoms with Crippen LogP contribution >= 0.6 is 0 Å². The summed E-state index contributed by atoms with van der Waals surface area (Å²) in [7, 11) is 1.26. The molecule has 0 radical (unpaired) electrons. The number of hydrogen-bond donors (Lipinski definition) is 1. The summed E-state index contributed by atoms with van der Waals surface area (Å²) >= 11 is 0. The zero-order valence-corrected chi connectivity index (χ0v) is 27.0. The van der Waals surface area contributed by atoms with Crippen molar-refractivity contribution in [3.05, 3.63) is 72.3 Å². The zero-order chi connectivity index (χ0) is 32.4. The molecule has 44 heavy (non-hydrogen) atoms. The predicted molar refractivity (Wildman–Crippen MR) is 168 cm³/mol. The third-order valence-corrected chi connectivity index (χ3v) is 9.00. The van der Waals surface area contributed by atoms with Gasteiger partial charge in [-0.05, 0) is 50.1 Å². The predicted octanol–water partition coefficient (Wildman–Crippen LogP) is 4.25. The highest BCUT2D eigenvalue weighted by atomic mass is 32.2. The van der Waals surface area contributed by atoms with Gasteiger partial charge >= 0.3 is 0 Å².